The van der Waals surface area contributed by atoms with Gasteiger partial charge in [-0.05, 0) is 89.3 Å². The van der Waals surface area contributed by atoms with Crippen molar-refractivity contribution >= 4 is 5.57 Å². The van der Waals surface area contributed by atoms with E-state index in [0.717, 1.165) is 28.9 Å². The summed E-state index contributed by atoms with van der Waals surface area (Å²) in [6.07, 6.45) is 17.7. The van der Waals surface area contributed by atoms with Gasteiger partial charge in [-0.25, -0.2) is 0 Å². The average Bonchev–Trinajstić information content (AvgIpc) is 2.93. The summed E-state index contributed by atoms with van der Waals surface area (Å²) in [5, 5.41) is 4.62. The van der Waals surface area contributed by atoms with Gasteiger partial charge in [0.15, 0.2) is 11.5 Å². The third kappa shape index (κ3) is 7.34. The van der Waals surface area contributed by atoms with Crippen LogP contribution in [0.25, 0.3) is 16.7 Å². The van der Waals surface area contributed by atoms with E-state index in [0.29, 0.717) is 11.5 Å². The first-order valence-corrected chi connectivity index (χ1v) is 13.7. The van der Waals surface area contributed by atoms with Crippen molar-refractivity contribution in [1.29, 1.82) is 0 Å². The second-order valence-corrected chi connectivity index (χ2v) is 10.4. The van der Waals surface area contributed by atoms with Crippen LogP contribution >= 0.6 is 0 Å². The molecule has 0 N–H and O–H groups in total. The molecule has 5 heteroatoms. The average molecular weight is 495 g/mol. The van der Waals surface area contributed by atoms with E-state index in [9.17, 15) is 0 Å². The lowest BCUT2D eigenvalue weighted by Crippen LogP contribution is -2.23. The Morgan fingerprint density at radius 1 is 0.722 bits per heavy atom. The van der Waals surface area contributed by atoms with Crippen LogP contribution in [0, 0.1) is 17.8 Å². The number of hydrogen-bond acceptors (Lipinski definition) is 5. The normalized spacial score (nSPS) is 22.2. The Kier molecular flexibility index (Phi) is 10.3. The van der Waals surface area contributed by atoms with Crippen molar-refractivity contribution in [3.05, 3.63) is 54.1 Å². The van der Waals surface area contributed by atoms with Gasteiger partial charge in [0, 0.05) is 6.07 Å². The maximum Gasteiger partial charge on any atom is 0.173 e. The smallest absolute Gasteiger partial charge is 0.173 e. The van der Waals surface area contributed by atoms with Crippen molar-refractivity contribution < 1.29 is 24.6 Å². The summed E-state index contributed by atoms with van der Waals surface area (Å²) in [5.41, 5.74) is 4.81. The molecule has 1 fully saturated rings. The molecule has 0 saturated heterocycles. The van der Waals surface area contributed by atoms with Crippen LogP contribution in [0.2, 0.25) is 0 Å². The maximum atomic E-state index is 5.21. The molecular weight excluding hydrogens is 452 g/mol. The molecule has 4 rings (SSSR count). The predicted molar refractivity (Wildman–Crippen MR) is 143 cm³/mol. The summed E-state index contributed by atoms with van der Waals surface area (Å²) in [6, 6.07) is 14.2. The highest BCUT2D eigenvalue weighted by Gasteiger charge is 2.28. The van der Waals surface area contributed by atoms with Gasteiger partial charge in [-0.3, -0.25) is 0 Å². The lowest BCUT2D eigenvalue weighted by Gasteiger charge is -2.35. The molecule has 0 radical (unpaired) electrons. The Morgan fingerprint density at radius 3 is 2.08 bits per heavy atom. The zero-order chi connectivity index (χ0) is 25.2. The van der Waals surface area contributed by atoms with Crippen molar-refractivity contribution in [3.63, 3.8) is 0 Å². The third-order valence-corrected chi connectivity index (χ3v) is 8.07. The molecule has 0 aromatic heterocycles. The lowest BCUT2D eigenvalue weighted by molar-refractivity contribution is -0.453. The fraction of sp³-hybridized carbons (Fsp3) is 0.548. The van der Waals surface area contributed by atoms with Crippen LogP contribution < -0.4 is 9.78 Å². The third-order valence-electron chi connectivity index (χ3n) is 8.07. The maximum absolute atomic E-state index is 5.21. The Labute approximate surface area is 216 Å². The number of allylic oxidation sites excluding steroid dienone is 2. The summed E-state index contributed by atoms with van der Waals surface area (Å²) in [7, 11) is 2.85. The van der Waals surface area contributed by atoms with Crippen LogP contribution in [-0.4, -0.2) is 14.2 Å². The van der Waals surface area contributed by atoms with Gasteiger partial charge in [-0.15, -0.1) is 0 Å². The van der Waals surface area contributed by atoms with Crippen LogP contribution in [-0.2, 0) is 14.8 Å². The zero-order valence-corrected chi connectivity index (χ0v) is 22.2. The first kappa shape index (κ1) is 26.7. The second kappa shape index (κ2) is 13.8. The van der Waals surface area contributed by atoms with Gasteiger partial charge in [0.2, 0.25) is 0 Å². The van der Waals surface area contributed by atoms with E-state index in [-0.39, 0.29) is 0 Å². The molecule has 0 heterocycles. The minimum atomic E-state index is 0.460. The van der Waals surface area contributed by atoms with Gasteiger partial charge in [0.05, 0.1) is 14.2 Å². The van der Waals surface area contributed by atoms with Gasteiger partial charge in [0.1, 0.15) is 0 Å². The van der Waals surface area contributed by atoms with E-state index < -0.39 is 0 Å². The van der Waals surface area contributed by atoms with Crippen molar-refractivity contribution in [3.8, 4) is 22.6 Å². The molecule has 5 nitrogen and oxygen atoms in total. The second-order valence-electron chi connectivity index (χ2n) is 10.4. The van der Waals surface area contributed by atoms with Gasteiger partial charge in [-0.2, -0.15) is 9.78 Å². The van der Waals surface area contributed by atoms with E-state index >= 15 is 0 Å². The Balaban J connectivity index is 1.34. The minimum absolute atomic E-state index is 0.460. The Morgan fingerprint density at radius 2 is 1.44 bits per heavy atom. The van der Waals surface area contributed by atoms with Gasteiger partial charge in [-0.1, -0.05) is 75.8 Å². The topological polar surface area (TPSA) is 46.2 Å². The lowest BCUT2D eigenvalue weighted by atomic mass is 9.70. The molecule has 1 atom stereocenters. The van der Waals surface area contributed by atoms with Crippen molar-refractivity contribution in [2.75, 3.05) is 14.2 Å². The van der Waals surface area contributed by atoms with E-state index in [4.69, 9.17) is 14.7 Å². The molecule has 196 valence electrons. The van der Waals surface area contributed by atoms with Crippen molar-refractivity contribution in [1.82, 2.24) is 0 Å². The molecule has 2 aliphatic carbocycles. The van der Waals surface area contributed by atoms with Gasteiger partial charge >= 0.3 is 0 Å². The predicted octanol–water partition coefficient (Wildman–Crippen LogP) is 8.74. The molecule has 36 heavy (non-hydrogen) atoms. The standard InChI is InChI=1S/C31H42O5/c1-4-5-6-7-23-8-10-24(11-9-23)25-12-14-26(15-13-25)27-16-18-28(19-17-27)29-20-30(34-32-2)22-31(21-29)35-36-33-3/h14,16-25H,4-13,15H2,1-3H3. The summed E-state index contributed by atoms with van der Waals surface area (Å²) in [6.45, 7) is 2.30. The summed E-state index contributed by atoms with van der Waals surface area (Å²) >= 11 is 0. The monoisotopic (exact) mass is 494 g/mol. The molecule has 2 aliphatic rings. The molecule has 2 aromatic rings. The SMILES string of the molecule is CCCCCC1CCC(C2CC=C(c3ccc(-c4cc(OOC)cc(OOOC)c4)cc3)CC2)CC1. The van der Waals surface area contributed by atoms with Crippen molar-refractivity contribution in [2.24, 2.45) is 17.8 Å². The molecule has 0 spiro atoms. The molecular formula is C31H42O5. The number of hydrogen-bond donors (Lipinski definition) is 0. The highest BCUT2D eigenvalue weighted by molar-refractivity contribution is 5.72. The van der Waals surface area contributed by atoms with Crippen LogP contribution in [0.3, 0.4) is 0 Å². The van der Waals surface area contributed by atoms with Gasteiger partial charge < -0.3 is 9.78 Å². The molecule has 0 bridgehead atoms. The largest absolute Gasteiger partial charge is 0.338 e. The van der Waals surface area contributed by atoms with E-state index in [1.165, 1.54) is 96.0 Å². The fourth-order valence-electron chi connectivity index (χ4n) is 6.06. The molecule has 1 saturated carbocycles. The molecule has 2 aromatic carbocycles. The number of unbranched alkanes of at least 4 members (excludes halogenated alkanes) is 2. The molecule has 0 aliphatic heterocycles. The number of benzene rings is 2. The van der Waals surface area contributed by atoms with Crippen LogP contribution in [0.4, 0.5) is 0 Å². The van der Waals surface area contributed by atoms with E-state index in [1.54, 1.807) is 6.07 Å². The first-order chi connectivity index (χ1) is 17.7. The summed E-state index contributed by atoms with van der Waals surface area (Å²) in [5.74, 6) is 3.79. The summed E-state index contributed by atoms with van der Waals surface area (Å²) < 4.78 is 0. The molecule has 0 amide bonds. The highest BCUT2D eigenvalue weighted by atomic mass is 17.5. The minimum Gasteiger partial charge on any atom is -0.338 e. The van der Waals surface area contributed by atoms with Crippen molar-refractivity contribution in [2.45, 2.75) is 77.6 Å². The number of rotatable bonds is 12. The first-order valence-electron chi connectivity index (χ1n) is 13.7. The van der Waals surface area contributed by atoms with Crippen LogP contribution in [0.1, 0.15) is 83.1 Å². The quantitative estimate of drug-likeness (QED) is 0.168. The summed E-state index contributed by atoms with van der Waals surface area (Å²) in [4.78, 5) is 19.7. The highest BCUT2D eigenvalue weighted by Crippen LogP contribution is 2.42. The van der Waals surface area contributed by atoms with Crippen LogP contribution in [0.5, 0.6) is 11.5 Å². The fourth-order valence-corrected chi connectivity index (χ4v) is 6.06. The Bertz CT molecular complexity index is 959. The van der Waals surface area contributed by atoms with E-state index in [1.807, 2.05) is 12.1 Å². The Hall–Kier alpha value is -2.34. The van der Waals surface area contributed by atoms with Crippen LogP contribution in [0.15, 0.2) is 48.5 Å². The zero-order valence-electron chi connectivity index (χ0n) is 22.2. The molecule has 1 unspecified atom stereocenters. The van der Waals surface area contributed by atoms with E-state index in [2.05, 4.69) is 47.2 Å². The van der Waals surface area contributed by atoms with Gasteiger partial charge in [0.25, 0.3) is 0 Å².